The van der Waals surface area contributed by atoms with Crippen molar-refractivity contribution in [1.29, 1.82) is 0 Å². The van der Waals surface area contributed by atoms with Gasteiger partial charge in [-0.3, -0.25) is 9.59 Å². The van der Waals surface area contributed by atoms with Gasteiger partial charge in [-0.1, -0.05) is 12.1 Å². The van der Waals surface area contributed by atoms with Gasteiger partial charge in [0.15, 0.2) is 5.78 Å². The summed E-state index contributed by atoms with van der Waals surface area (Å²) in [5.41, 5.74) is 1.31. The summed E-state index contributed by atoms with van der Waals surface area (Å²) >= 11 is 0. The van der Waals surface area contributed by atoms with E-state index < -0.39 is 11.9 Å². The number of Topliss-reactive ketones (excluding diaryl/α,β-unsaturated/α-hetero) is 1. The molecule has 0 fully saturated rings. The smallest absolute Gasteiger partial charge is 0.314 e. The van der Waals surface area contributed by atoms with E-state index in [9.17, 15) is 9.59 Å². The van der Waals surface area contributed by atoms with E-state index in [1.54, 1.807) is 6.07 Å². The minimum Gasteiger partial charge on any atom is -0.496 e. The molecular weight excluding hydrogens is 208 g/mol. The van der Waals surface area contributed by atoms with Crippen molar-refractivity contribution in [3.63, 3.8) is 0 Å². The number of hydrogen-bond acceptors (Lipinski definition) is 3. The molecule has 0 aliphatic heterocycles. The lowest BCUT2D eigenvalue weighted by Gasteiger charge is -2.21. The first-order chi connectivity index (χ1) is 7.65. The highest BCUT2D eigenvalue weighted by atomic mass is 16.5. The molecule has 1 atom stereocenters. The number of benzene rings is 1. The molecule has 1 aliphatic rings. The number of ether oxygens (including phenoxy) is 1. The Kier molecular flexibility index (Phi) is 2.64. The molecule has 4 heteroatoms. The minimum absolute atomic E-state index is 0.341. The van der Waals surface area contributed by atoms with Gasteiger partial charge in [0.1, 0.15) is 11.7 Å². The van der Waals surface area contributed by atoms with E-state index in [-0.39, 0.29) is 5.78 Å². The summed E-state index contributed by atoms with van der Waals surface area (Å²) in [7, 11) is 1.48. The number of fused-ring (bicyclic) bond motifs is 1. The van der Waals surface area contributed by atoms with Crippen molar-refractivity contribution < 1.29 is 19.4 Å². The fourth-order valence-electron chi connectivity index (χ4n) is 2.08. The van der Waals surface area contributed by atoms with Gasteiger partial charge in [-0.05, 0) is 24.5 Å². The predicted octanol–water partition coefficient (Wildman–Crippen LogP) is 1.52. The van der Waals surface area contributed by atoms with Gasteiger partial charge in [0.2, 0.25) is 0 Å². The monoisotopic (exact) mass is 220 g/mol. The maximum absolute atomic E-state index is 12.0. The summed E-state index contributed by atoms with van der Waals surface area (Å²) in [5.74, 6) is -1.86. The van der Waals surface area contributed by atoms with Crippen LogP contribution in [0.4, 0.5) is 0 Å². The highest BCUT2D eigenvalue weighted by Gasteiger charge is 2.34. The molecule has 0 amide bonds. The van der Waals surface area contributed by atoms with Crippen molar-refractivity contribution in [2.75, 3.05) is 7.11 Å². The molecule has 1 aliphatic carbocycles. The van der Waals surface area contributed by atoms with Crippen molar-refractivity contribution in [3.05, 3.63) is 29.3 Å². The maximum atomic E-state index is 12.0. The van der Waals surface area contributed by atoms with E-state index in [0.717, 1.165) is 5.56 Å². The first-order valence-corrected chi connectivity index (χ1v) is 5.08. The Balaban J connectivity index is 2.50. The van der Waals surface area contributed by atoms with Crippen molar-refractivity contribution >= 4 is 11.8 Å². The van der Waals surface area contributed by atoms with Crippen LogP contribution in [0.1, 0.15) is 22.3 Å². The molecule has 1 unspecified atom stereocenters. The average Bonchev–Trinajstić information content (AvgIpc) is 2.28. The number of ketones is 1. The number of carbonyl (C=O) groups is 2. The minimum atomic E-state index is -1.05. The Hall–Kier alpha value is -1.84. The zero-order chi connectivity index (χ0) is 11.7. The van der Waals surface area contributed by atoms with Crippen LogP contribution in [0.3, 0.4) is 0 Å². The number of hydrogen-bond donors (Lipinski definition) is 1. The molecule has 0 bridgehead atoms. The second-order valence-corrected chi connectivity index (χ2v) is 3.79. The normalized spacial score (nSPS) is 19.1. The summed E-state index contributed by atoms with van der Waals surface area (Å²) in [6, 6.07) is 5.33. The summed E-state index contributed by atoms with van der Waals surface area (Å²) < 4.78 is 5.10. The second-order valence-electron chi connectivity index (χ2n) is 3.79. The molecule has 0 saturated heterocycles. The van der Waals surface area contributed by atoms with Gasteiger partial charge >= 0.3 is 5.97 Å². The van der Waals surface area contributed by atoms with Crippen molar-refractivity contribution in [2.24, 2.45) is 5.92 Å². The number of carbonyl (C=O) groups excluding carboxylic acids is 1. The van der Waals surface area contributed by atoms with Crippen LogP contribution < -0.4 is 4.74 Å². The predicted molar refractivity (Wildman–Crippen MR) is 56.8 cm³/mol. The van der Waals surface area contributed by atoms with Crippen LogP contribution in [0.2, 0.25) is 0 Å². The molecule has 0 saturated carbocycles. The van der Waals surface area contributed by atoms with Crippen LogP contribution in [0, 0.1) is 5.92 Å². The maximum Gasteiger partial charge on any atom is 0.314 e. The lowest BCUT2D eigenvalue weighted by Crippen LogP contribution is -2.29. The molecule has 1 aromatic carbocycles. The summed E-state index contributed by atoms with van der Waals surface area (Å²) in [4.78, 5) is 22.9. The third kappa shape index (κ3) is 1.56. The fourth-order valence-corrected chi connectivity index (χ4v) is 2.08. The van der Waals surface area contributed by atoms with Crippen molar-refractivity contribution in [1.82, 2.24) is 0 Å². The number of methoxy groups -OCH3 is 1. The summed E-state index contributed by atoms with van der Waals surface area (Å²) in [6.45, 7) is 0. The van der Waals surface area contributed by atoms with Gasteiger partial charge in [0.05, 0.1) is 12.7 Å². The first-order valence-electron chi connectivity index (χ1n) is 5.08. The van der Waals surface area contributed by atoms with Gasteiger partial charge in [-0.25, -0.2) is 0 Å². The van der Waals surface area contributed by atoms with E-state index >= 15 is 0 Å². The number of aliphatic carboxylic acids is 1. The third-order valence-corrected chi connectivity index (χ3v) is 2.90. The molecule has 0 aromatic heterocycles. The van der Waals surface area contributed by atoms with Crippen LogP contribution in [-0.2, 0) is 11.2 Å². The largest absolute Gasteiger partial charge is 0.496 e. The molecule has 16 heavy (non-hydrogen) atoms. The van der Waals surface area contributed by atoms with E-state index in [1.165, 1.54) is 7.11 Å². The third-order valence-electron chi connectivity index (χ3n) is 2.90. The van der Waals surface area contributed by atoms with Crippen LogP contribution in [-0.4, -0.2) is 24.0 Å². The molecule has 0 spiro atoms. The molecule has 1 N–H and O–H groups in total. The molecule has 0 heterocycles. The van der Waals surface area contributed by atoms with Crippen LogP contribution in [0.5, 0.6) is 5.75 Å². The van der Waals surface area contributed by atoms with Gasteiger partial charge in [-0.2, -0.15) is 0 Å². The molecule has 0 radical (unpaired) electrons. The highest BCUT2D eigenvalue weighted by molar-refractivity contribution is 6.11. The van der Waals surface area contributed by atoms with Gasteiger partial charge in [-0.15, -0.1) is 0 Å². The van der Waals surface area contributed by atoms with Crippen molar-refractivity contribution in [2.45, 2.75) is 12.8 Å². The fraction of sp³-hybridized carbons (Fsp3) is 0.333. The lowest BCUT2D eigenvalue weighted by molar-refractivity contribution is -0.140. The lowest BCUT2D eigenvalue weighted by atomic mass is 9.82. The zero-order valence-corrected chi connectivity index (χ0v) is 8.90. The van der Waals surface area contributed by atoms with Crippen LogP contribution in [0.25, 0.3) is 0 Å². The first kappa shape index (κ1) is 10.7. The number of rotatable bonds is 2. The Morgan fingerprint density at radius 1 is 1.50 bits per heavy atom. The van der Waals surface area contributed by atoms with Crippen LogP contribution in [0.15, 0.2) is 18.2 Å². The van der Waals surface area contributed by atoms with E-state index in [2.05, 4.69) is 0 Å². The Bertz CT molecular complexity index is 436. The summed E-state index contributed by atoms with van der Waals surface area (Å²) in [6.07, 6.45) is 0.976. The van der Waals surface area contributed by atoms with E-state index in [0.29, 0.717) is 24.2 Å². The number of carboxylic acids is 1. The molecular formula is C12H12O4. The Labute approximate surface area is 92.8 Å². The van der Waals surface area contributed by atoms with Crippen LogP contribution >= 0.6 is 0 Å². The quantitative estimate of drug-likeness (QED) is 0.767. The van der Waals surface area contributed by atoms with Crippen molar-refractivity contribution in [3.8, 4) is 5.75 Å². The molecule has 1 aromatic rings. The number of aryl methyl sites for hydroxylation is 1. The molecule has 4 nitrogen and oxygen atoms in total. The second kappa shape index (κ2) is 3.96. The molecule has 84 valence electrons. The highest BCUT2D eigenvalue weighted by Crippen LogP contribution is 2.32. The van der Waals surface area contributed by atoms with Gasteiger partial charge in [0.25, 0.3) is 0 Å². The van der Waals surface area contributed by atoms with E-state index in [4.69, 9.17) is 9.84 Å². The SMILES string of the molecule is COc1cccc2c1C(=O)C(C(=O)O)CC2. The zero-order valence-electron chi connectivity index (χ0n) is 8.90. The van der Waals surface area contributed by atoms with Gasteiger partial charge in [0, 0.05) is 0 Å². The van der Waals surface area contributed by atoms with E-state index in [1.807, 2.05) is 12.1 Å². The molecule has 2 rings (SSSR count). The van der Waals surface area contributed by atoms with Gasteiger partial charge < -0.3 is 9.84 Å². The Morgan fingerprint density at radius 3 is 2.88 bits per heavy atom. The Morgan fingerprint density at radius 2 is 2.25 bits per heavy atom. The topological polar surface area (TPSA) is 63.6 Å². The standard InChI is InChI=1S/C12H12O4/c1-16-9-4-2-3-7-5-6-8(12(14)15)11(13)10(7)9/h2-4,8H,5-6H2,1H3,(H,14,15). The number of carboxylic acid groups (broad SMARTS) is 1. The summed E-state index contributed by atoms with van der Waals surface area (Å²) in [5, 5.41) is 8.94. The average molecular weight is 220 g/mol.